The number of rotatable bonds is 8. The fourth-order valence-electron chi connectivity index (χ4n) is 2.28. The van der Waals surface area contributed by atoms with E-state index in [4.69, 9.17) is 4.74 Å². The second-order valence-electron chi connectivity index (χ2n) is 5.01. The van der Waals surface area contributed by atoms with Crippen molar-refractivity contribution in [3.63, 3.8) is 0 Å². The topological polar surface area (TPSA) is 55.4 Å². The van der Waals surface area contributed by atoms with Crippen LogP contribution in [0.25, 0.3) is 0 Å². The zero-order valence-electron chi connectivity index (χ0n) is 11.5. The van der Waals surface area contributed by atoms with Crippen molar-refractivity contribution in [2.75, 3.05) is 0 Å². The molecule has 2 atom stereocenters. The molecule has 0 aromatic rings. The molecule has 0 aromatic carbocycles. The SMILES string of the molecule is CCCCCC(CCC)NC(=O)C1CCC(=O)O1. The lowest BCUT2D eigenvalue weighted by Crippen LogP contribution is -2.41. The van der Waals surface area contributed by atoms with Crippen LogP contribution < -0.4 is 5.32 Å². The summed E-state index contributed by atoms with van der Waals surface area (Å²) in [6.07, 6.45) is 6.95. The summed E-state index contributed by atoms with van der Waals surface area (Å²) in [6.45, 7) is 4.29. The summed E-state index contributed by atoms with van der Waals surface area (Å²) in [5, 5.41) is 3.02. The number of carbonyl (C=O) groups excluding carboxylic acids is 2. The molecule has 0 saturated carbocycles. The van der Waals surface area contributed by atoms with Crippen molar-refractivity contribution in [3.05, 3.63) is 0 Å². The molecular weight excluding hydrogens is 230 g/mol. The van der Waals surface area contributed by atoms with E-state index >= 15 is 0 Å². The van der Waals surface area contributed by atoms with E-state index in [1.54, 1.807) is 0 Å². The highest BCUT2D eigenvalue weighted by atomic mass is 16.6. The Morgan fingerprint density at radius 1 is 1.33 bits per heavy atom. The minimum absolute atomic E-state index is 0.115. The Labute approximate surface area is 109 Å². The second kappa shape index (κ2) is 8.11. The molecule has 1 N–H and O–H groups in total. The first-order chi connectivity index (χ1) is 8.67. The number of nitrogens with one attached hydrogen (secondary N) is 1. The van der Waals surface area contributed by atoms with Gasteiger partial charge in [0.1, 0.15) is 0 Å². The van der Waals surface area contributed by atoms with E-state index < -0.39 is 6.10 Å². The van der Waals surface area contributed by atoms with E-state index in [1.165, 1.54) is 12.8 Å². The molecule has 0 bridgehead atoms. The molecular formula is C14H25NO3. The molecule has 2 unspecified atom stereocenters. The molecule has 4 nitrogen and oxygen atoms in total. The Kier molecular flexibility index (Phi) is 6.76. The average molecular weight is 255 g/mol. The van der Waals surface area contributed by atoms with E-state index in [-0.39, 0.29) is 17.9 Å². The van der Waals surface area contributed by atoms with Crippen molar-refractivity contribution in [2.24, 2.45) is 0 Å². The molecule has 1 fully saturated rings. The van der Waals surface area contributed by atoms with Crippen LogP contribution in [-0.4, -0.2) is 24.0 Å². The lowest BCUT2D eigenvalue weighted by molar-refractivity contribution is -0.148. The Balaban J connectivity index is 2.34. The first-order valence-electron chi connectivity index (χ1n) is 7.17. The summed E-state index contributed by atoms with van der Waals surface area (Å²) in [4.78, 5) is 22.9. The van der Waals surface area contributed by atoms with Gasteiger partial charge in [-0.15, -0.1) is 0 Å². The average Bonchev–Trinajstić information content (AvgIpc) is 2.76. The minimum atomic E-state index is -0.553. The van der Waals surface area contributed by atoms with Crippen LogP contribution in [-0.2, 0) is 14.3 Å². The number of hydrogen-bond acceptors (Lipinski definition) is 3. The van der Waals surface area contributed by atoms with Gasteiger partial charge in [0.25, 0.3) is 5.91 Å². The lowest BCUT2D eigenvalue weighted by Gasteiger charge is -2.20. The monoisotopic (exact) mass is 255 g/mol. The first kappa shape index (κ1) is 15.0. The summed E-state index contributed by atoms with van der Waals surface area (Å²) in [7, 11) is 0. The fraction of sp³-hybridized carbons (Fsp3) is 0.857. The smallest absolute Gasteiger partial charge is 0.306 e. The van der Waals surface area contributed by atoms with Gasteiger partial charge in [-0.2, -0.15) is 0 Å². The third-order valence-electron chi connectivity index (χ3n) is 3.32. The number of hydrogen-bond donors (Lipinski definition) is 1. The van der Waals surface area contributed by atoms with E-state index in [9.17, 15) is 9.59 Å². The van der Waals surface area contributed by atoms with Crippen LogP contribution in [0.1, 0.15) is 65.2 Å². The number of cyclic esters (lactones) is 1. The van der Waals surface area contributed by atoms with Crippen LogP contribution in [0.5, 0.6) is 0 Å². The molecule has 0 spiro atoms. The number of carbonyl (C=O) groups is 2. The van der Waals surface area contributed by atoms with E-state index in [0.717, 1.165) is 25.7 Å². The minimum Gasteiger partial charge on any atom is -0.452 e. The van der Waals surface area contributed by atoms with Crippen molar-refractivity contribution < 1.29 is 14.3 Å². The quantitative estimate of drug-likeness (QED) is 0.535. The zero-order valence-corrected chi connectivity index (χ0v) is 11.5. The Hall–Kier alpha value is -1.06. The van der Waals surface area contributed by atoms with Crippen LogP contribution >= 0.6 is 0 Å². The number of esters is 1. The maximum absolute atomic E-state index is 11.9. The fourth-order valence-corrected chi connectivity index (χ4v) is 2.28. The van der Waals surface area contributed by atoms with Gasteiger partial charge in [0.05, 0.1) is 0 Å². The van der Waals surface area contributed by atoms with Crippen molar-refractivity contribution >= 4 is 11.9 Å². The maximum Gasteiger partial charge on any atom is 0.306 e. The largest absolute Gasteiger partial charge is 0.452 e. The van der Waals surface area contributed by atoms with Gasteiger partial charge in [0.15, 0.2) is 6.10 Å². The standard InChI is InChI=1S/C14H25NO3/c1-3-5-6-8-11(7-4-2)15-14(17)12-9-10-13(16)18-12/h11-12H,3-10H2,1-2H3,(H,15,17). The van der Waals surface area contributed by atoms with Crippen molar-refractivity contribution in [3.8, 4) is 0 Å². The number of amides is 1. The first-order valence-corrected chi connectivity index (χ1v) is 7.17. The summed E-state index contributed by atoms with van der Waals surface area (Å²) in [5.41, 5.74) is 0. The normalized spacial score (nSPS) is 20.6. The maximum atomic E-state index is 11.9. The number of ether oxygens (including phenoxy) is 1. The van der Waals surface area contributed by atoms with Crippen LogP contribution in [0.15, 0.2) is 0 Å². The molecule has 4 heteroatoms. The molecule has 0 aliphatic carbocycles. The summed E-state index contributed by atoms with van der Waals surface area (Å²) < 4.78 is 4.98. The van der Waals surface area contributed by atoms with Gasteiger partial charge in [0.2, 0.25) is 0 Å². The lowest BCUT2D eigenvalue weighted by atomic mass is 10.0. The molecule has 1 heterocycles. The summed E-state index contributed by atoms with van der Waals surface area (Å²) in [5.74, 6) is -0.371. The molecule has 104 valence electrons. The van der Waals surface area contributed by atoms with Gasteiger partial charge >= 0.3 is 5.97 Å². The zero-order chi connectivity index (χ0) is 13.4. The van der Waals surface area contributed by atoms with Gasteiger partial charge in [-0.1, -0.05) is 39.5 Å². The third kappa shape index (κ3) is 5.07. The summed E-state index contributed by atoms with van der Waals surface area (Å²) in [6, 6.07) is 0.230. The summed E-state index contributed by atoms with van der Waals surface area (Å²) >= 11 is 0. The molecule has 1 amide bonds. The van der Waals surface area contributed by atoms with E-state index in [1.807, 2.05) is 0 Å². The molecule has 0 aromatic heterocycles. The highest BCUT2D eigenvalue weighted by Gasteiger charge is 2.30. The molecule has 18 heavy (non-hydrogen) atoms. The van der Waals surface area contributed by atoms with Gasteiger partial charge in [-0.3, -0.25) is 9.59 Å². The van der Waals surface area contributed by atoms with Gasteiger partial charge in [0, 0.05) is 18.9 Å². The van der Waals surface area contributed by atoms with Gasteiger partial charge in [-0.25, -0.2) is 0 Å². The van der Waals surface area contributed by atoms with Crippen LogP contribution in [0.4, 0.5) is 0 Å². The predicted molar refractivity (Wildman–Crippen MR) is 70.1 cm³/mol. The van der Waals surface area contributed by atoms with Crippen molar-refractivity contribution in [1.82, 2.24) is 5.32 Å². The van der Waals surface area contributed by atoms with E-state index in [0.29, 0.717) is 12.8 Å². The number of unbranched alkanes of at least 4 members (excludes halogenated alkanes) is 2. The third-order valence-corrected chi connectivity index (χ3v) is 3.32. The second-order valence-corrected chi connectivity index (χ2v) is 5.01. The van der Waals surface area contributed by atoms with Crippen LogP contribution in [0.2, 0.25) is 0 Å². The molecule has 1 aliphatic rings. The molecule has 1 aliphatic heterocycles. The van der Waals surface area contributed by atoms with E-state index in [2.05, 4.69) is 19.2 Å². The van der Waals surface area contributed by atoms with Gasteiger partial charge < -0.3 is 10.1 Å². The Morgan fingerprint density at radius 2 is 2.11 bits per heavy atom. The van der Waals surface area contributed by atoms with Crippen molar-refractivity contribution in [2.45, 2.75) is 77.4 Å². The van der Waals surface area contributed by atoms with Crippen LogP contribution in [0, 0.1) is 0 Å². The molecule has 1 saturated heterocycles. The van der Waals surface area contributed by atoms with Crippen LogP contribution in [0.3, 0.4) is 0 Å². The molecule has 1 rings (SSSR count). The Bertz CT molecular complexity index is 278. The highest BCUT2D eigenvalue weighted by Crippen LogP contribution is 2.15. The predicted octanol–water partition coefficient (Wildman–Crippen LogP) is 2.56. The molecule has 0 radical (unpaired) electrons. The van der Waals surface area contributed by atoms with Gasteiger partial charge in [-0.05, 0) is 12.8 Å². The highest BCUT2D eigenvalue weighted by molar-refractivity contribution is 5.86. The Morgan fingerprint density at radius 3 is 2.67 bits per heavy atom. The van der Waals surface area contributed by atoms with Crippen molar-refractivity contribution in [1.29, 1.82) is 0 Å².